The molecule has 0 saturated heterocycles. The van der Waals surface area contributed by atoms with Gasteiger partial charge in [0.1, 0.15) is 18.0 Å². The van der Waals surface area contributed by atoms with Crippen LogP contribution in [0.4, 0.5) is 11.6 Å². The number of nitrogens with one attached hydrogen (secondary N) is 2. The monoisotopic (exact) mass is 290 g/mol. The van der Waals surface area contributed by atoms with Gasteiger partial charge >= 0.3 is 0 Å². The Morgan fingerprint density at radius 2 is 1.90 bits per heavy atom. The van der Waals surface area contributed by atoms with Crippen LogP contribution < -0.4 is 10.6 Å². The predicted molar refractivity (Wildman–Crippen MR) is 84.3 cm³/mol. The highest BCUT2D eigenvalue weighted by molar-refractivity contribution is 6.30. The van der Waals surface area contributed by atoms with Gasteiger partial charge in [-0.25, -0.2) is 9.97 Å². The third kappa shape index (κ3) is 3.84. The molecule has 0 aliphatic carbocycles. The van der Waals surface area contributed by atoms with Gasteiger partial charge in [-0.05, 0) is 31.0 Å². The Bertz CT molecular complexity index is 572. The predicted octanol–water partition coefficient (Wildman–Crippen LogP) is 3.87. The summed E-state index contributed by atoms with van der Waals surface area (Å²) in [5.74, 6) is 1.73. The van der Waals surface area contributed by atoms with Crippen LogP contribution in [-0.2, 0) is 6.54 Å². The van der Waals surface area contributed by atoms with Gasteiger partial charge in [0.05, 0.1) is 0 Å². The first-order valence-corrected chi connectivity index (χ1v) is 7.12. The molecule has 2 N–H and O–H groups in total. The fourth-order valence-electron chi connectivity index (χ4n) is 1.88. The van der Waals surface area contributed by atoms with E-state index in [1.54, 1.807) is 6.33 Å². The molecule has 106 valence electrons. The van der Waals surface area contributed by atoms with Crippen LogP contribution in [0.1, 0.15) is 24.5 Å². The van der Waals surface area contributed by atoms with Crippen LogP contribution in [0.25, 0.3) is 0 Å². The number of aromatic nitrogens is 2. The van der Waals surface area contributed by atoms with Crippen molar-refractivity contribution in [3.05, 3.63) is 46.7 Å². The third-order valence-corrected chi connectivity index (χ3v) is 3.21. The van der Waals surface area contributed by atoms with Crippen molar-refractivity contribution in [3.8, 4) is 0 Å². The standard InChI is InChI=1S/C15H19ClN4/c1-3-7-17-14-11(2)15(20-10-19-14)18-9-12-5-4-6-13(16)8-12/h4-6,8,10H,3,7,9H2,1-2H3,(H2,17,18,19,20). The van der Waals surface area contributed by atoms with Crippen LogP contribution in [0.15, 0.2) is 30.6 Å². The molecule has 20 heavy (non-hydrogen) atoms. The van der Waals surface area contributed by atoms with Crippen LogP contribution >= 0.6 is 11.6 Å². The highest BCUT2D eigenvalue weighted by Gasteiger charge is 2.06. The van der Waals surface area contributed by atoms with Crippen molar-refractivity contribution in [2.45, 2.75) is 26.8 Å². The van der Waals surface area contributed by atoms with Gasteiger partial charge in [0.2, 0.25) is 0 Å². The lowest BCUT2D eigenvalue weighted by molar-refractivity contribution is 0.957. The fraction of sp³-hybridized carbons (Fsp3) is 0.333. The summed E-state index contributed by atoms with van der Waals surface area (Å²) < 4.78 is 0. The van der Waals surface area contributed by atoms with E-state index in [-0.39, 0.29) is 0 Å². The number of rotatable bonds is 6. The number of anilines is 2. The first-order chi connectivity index (χ1) is 9.70. The van der Waals surface area contributed by atoms with Crippen molar-refractivity contribution in [2.24, 2.45) is 0 Å². The minimum absolute atomic E-state index is 0.686. The number of benzene rings is 1. The molecule has 2 aromatic rings. The lowest BCUT2D eigenvalue weighted by Gasteiger charge is -2.12. The van der Waals surface area contributed by atoms with Crippen molar-refractivity contribution in [3.63, 3.8) is 0 Å². The highest BCUT2D eigenvalue weighted by atomic mass is 35.5. The maximum Gasteiger partial charge on any atom is 0.134 e. The largest absolute Gasteiger partial charge is 0.370 e. The Balaban J connectivity index is 2.06. The summed E-state index contributed by atoms with van der Waals surface area (Å²) in [7, 11) is 0. The smallest absolute Gasteiger partial charge is 0.134 e. The molecule has 0 atom stereocenters. The molecule has 0 aliphatic rings. The van der Waals surface area contributed by atoms with Crippen LogP contribution in [-0.4, -0.2) is 16.5 Å². The minimum atomic E-state index is 0.686. The van der Waals surface area contributed by atoms with E-state index in [1.165, 1.54) is 0 Å². The van der Waals surface area contributed by atoms with Crippen molar-refractivity contribution >= 4 is 23.2 Å². The zero-order valence-electron chi connectivity index (χ0n) is 11.8. The summed E-state index contributed by atoms with van der Waals surface area (Å²) in [5, 5.41) is 7.37. The van der Waals surface area contributed by atoms with E-state index >= 15 is 0 Å². The fourth-order valence-corrected chi connectivity index (χ4v) is 2.10. The van der Waals surface area contributed by atoms with E-state index in [4.69, 9.17) is 11.6 Å². The van der Waals surface area contributed by atoms with Gasteiger partial charge in [0, 0.05) is 23.7 Å². The minimum Gasteiger partial charge on any atom is -0.370 e. The Morgan fingerprint density at radius 1 is 1.15 bits per heavy atom. The lowest BCUT2D eigenvalue weighted by atomic mass is 10.2. The van der Waals surface area contributed by atoms with Crippen LogP contribution in [0.2, 0.25) is 5.02 Å². The molecule has 0 spiro atoms. The number of hydrogen-bond acceptors (Lipinski definition) is 4. The molecule has 0 unspecified atom stereocenters. The van der Waals surface area contributed by atoms with Crippen LogP contribution in [0.3, 0.4) is 0 Å². The zero-order chi connectivity index (χ0) is 14.4. The summed E-state index contributed by atoms with van der Waals surface area (Å²) in [6.07, 6.45) is 2.64. The van der Waals surface area contributed by atoms with Gasteiger partial charge in [0.15, 0.2) is 0 Å². The average Bonchev–Trinajstić information content (AvgIpc) is 2.45. The highest BCUT2D eigenvalue weighted by Crippen LogP contribution is 2.19. The molecule has 5 heteroatoms. The Kier molecular flexibility index (Phi) is 5.18. The van der Waals surface area contributed by atoms with Gasteiger partial charge in [-0.1, -0.05) is 30.7 Å². The van der Waals surface area contributed by atoms with Crippen LogP contribution in [0, 0.1) is 6.92 Å². The quantitative estimate of drug-likeness (QED) is 0.848. The first kappa shape index (κ1) is 14.6. The molecule has 0 aliphatic heterocycles. The normalized spacial score (nSPS) is 10.3. The molecule has 1 aromatic heterocycles. The summed E-state index contributed by atoms with van der Waals surface area (Å²) in [4.78, 5) is 8.55. The van der Waals surface area contributed by atoms with Gasteiger partial charge < -0.3 is 10.6 Å². The average molecular weight is 291 g/mol. The van der Waals surface area contributed by atoms with Crippen molar-refractivity contribution in [2.75, 3.05) is 17.2 Å². The summed E-state index contributed by atoms with van der Waals surface area (Å²) in [5.41, 5.74) is 2.15. The van der Waals surface area contributed by atoms with E-state index in [2.05, 4.69) is 27.5 Å². The number of halogens is 1. The first-order valence-electron chi connectivity index (χ1n) is 6.74. The molecule has 1 aromatic carbocycles. The van der Waals surface area contributed by atoms with E-state index in [0.29, 0.717) is 6.54 Å². The SMILES string of the molecule is CCCNc1ncnc(NCc2cccc(Cl)c2)c1C. The lowest BCUT2D eigenvalue weighted by Crippen LogP contribution is -2.08. The van der Waals surface area contributed by atoms with Gasteiger partial charge in [-0.15, -0.1) is 0 Å². The second kappa shape index (κ2) is 7.10. The molecule has 2 rings (SSSR count). The summed E-state index contributed by atoms with van der Waals surface area (Å²) in [6, 6.07) is 7.79. The van der Waals surface area contributed by atoms with Crippen molar-refractivity contribution < 1.29 is 0 Å². The molecule has 0 saturated carbocycles. The number of nitrogens with zero attached hydrogens (tertiary/aromatic N) is 2. The molecule has 0 fully saturated rings. The van der Waals surface area contributed by atoms with E-state index in [0.717, 1.165) is 40.8 Å². The molecular formula is C15H19ClN4. The van der Waals surface area contributed by atoms with Gasteiger partial charge in [0.25, 0.3) is 0 Å². The molecule has 0 bridgehead atoms. The third-order valence-electron chi connectivity index (χ3n) is 2.98. The Morgan fingerprint density at radius 3 is 2.60 bits per heavy atom. The zero-order valence-corrected chi connectivity index (χ0v) is 12.5. The van der Waals surface area contributed by atoms with Gasteiger partial charge in [-0.3, -0.25) is 0 Å². The van der Waals surface area contributed by atoms with Crippen molar-refractivity contribution in [1.82, 2.24) is 9.97 Å². The van der Waals surface area contributed by atoms with Crippen LogP contribution in [0.5, 0.6) is 0 Å². The topological polar surface area (TPSA) is 49.8 Å². The molecule has 0 radical (unpaired) electrons. The van der Waals surface area contributed by atoms with Gasteiger partial charge in [-0.2, -0.15) is 0 Å². The Hall–Kier alpha value is -1.81. The van der Waals surface area contributed by atoms with E-state index < -0.39 is 0 Å². The Labute approximate surface area is 124 Å². The number of hydrogen-bond donors (Lipinski definition) is 2. The van der Waals surface area contributed by atoms with E-state index in [1.807, 2.05) is 31.2 Å². The maximum absolute atomic E-state index is 5.98. The molecule has 4 nitrogen and oxygen atoms in total. The summed E-state index contributed by atoms with van der Waals surface area (Å²) in [6.45, 7) is 5.73. The molecular weight excluding hydrogens is 272 g/mol. The molecule has 0 amide bonds. The second-order valence-corrected chi connectivity index (χ2v) is 5.04. The van der Waals surface area contributed by atoms with E-state index in [9.17, 15) is 0 Å². The van der Waals surface area contributed by atoms with Crippen molar-refractivity contribution in [1.29, 1.82) is 0 Å². The maximum atomic E-state index is 5.98. The molecule has 1 heterocycles. The second-order valence-electron chi connectivity index (χ2n) is 4.61. The summed E-state index contributed by atoms with van der Waals surface area (Å²) >= 11 is 5.98.